The van der Waals surface area contributed by atoms with E-state index in [1.54, 1.807) is 24.5 Å². The first-order chi connectivity index (χ1) is 32.6. The zero-order chi connectivity index (χ0) is 46.7. The minimum absolute atomic E-state index is 0.190. The van der Waals surface area contributed by atoms with Gasteiger partial charge in [0, 0.05) is 78.8 Å². The van der Waals surface area contributed by atoms with Gasteiger partial charge in [0.1, 0.15) is 67.8 Å². The van der Waals surface area contributed by atoms with E-state index in [-0.39, 0.29) is 26.4 Å². The van der Waals surface area contributed by atoms with Crippen molar-refractivity contribution in [2.75, 3.05) is 19.6 Å². The lowest BCUT2D eigenvalue weighted by Crippen LogP contribution is -2.38. The number of nitriles is 2. The van der Waals surface area contributed by atoms with Crippen LogP contribution in [0.5, 0.6) is 23.0 Å². The molecule has 0 aliphatic carbocycles. The number of nitrogens with zero attached hydrogens (tertiary/aromatic N) is 6. The Morgan fingerprint density at radius 2 is 1.07 bits per heavy atom. The van der Waals surface area contributed by atoms with Crippen molar-refractivity contribution in [2.45, 2.75) is 98.1 Å². The average Bonchev–Trinajstić information content (AvgIpc) is 3.34. The molecule has 2 aromatic heterocycles. The average molecular weight is 938 g/mol. The Hall–Kier alpha value is -6.18. The smallest absolute Gasteiger partial charge is 0.142 e. The van der Waals surface area contributed by atoms with Crippen molar-refractivity contribution in [3.63, 3.8) is 0 Å². The molecular formula is C54H54Cl2N6O5. The molecule has 2 aliphatic rings. The summed E-state index contributed by atoms with van der Waals surface area (Å²) in [5.41, 5.74) is 10.6. The van der Waals surface area contributed by atoms with Gasteiger partial charge in [0.05, 0.1) is 21.2 Å². The molecule has 0 bridgehead atoms. The number of aromatic nitrogens is 2. The molecule has 344 valence electrons. The summed E-state index contributed by atoms with van der Waals surface area (Å²) >= 11 is 13.9. The van der Waals surface area contributed by atoms with Crippen molar-refractivity contribution in [1.82, 2.24) is 19.8 Å². The fourth-order valence-electron chi connectivity index (χ4n) is 8.78. The first kappa shape index (κ1) is 47.3. The summed E-state index contributed by atoms with van der Waals surface area (Å²) in [5.74, 6) is 2.27. The lowest BCUT2D eigenvalue weighted by atomic mass is 9.92. The van der Waals surface area contributed by atoms with Crippen molar-refractivity contribution < 1.29 is 24.1 Å². The lowest BCUT2D eigenvalue weighted by Gasteiger charge is -2.32. The Kier molecular flexibility index (Phi) is 15.9. The predicted molar refractivity (Wildman–Crippen MR) is 259 cm³/mol. The minimum atomic E-state index is -0.538. The molecule has 2 fully saturated rings. The van der Waals surface area contributed by atoms with E-state index in [1.807, 2.05) is 41.3 Å². The number of rotatable bonds is 17. The Labute approximate surface area is 403 Å². The van der Waals surface area contributed by atoms with Gasteiger partial charge in [-0.05, 0) is 117 Å². The van der Waals surface area contributed by atoms with E-state index < -0.39 is 6.23 Å². The molecule has 67 heavy (non-hydrogen) atoms. The fraction of sp³-hybridized carbons (Fsp3) is 0.333. The Balaban J connectivity index is 0.989. The van der Waals surface area contributed by atoms with Crippen LogP contribution < -0.4 is 18.9 Å². The van der Waals surface area contributed by atoms with Crippen LogP contribution in [-0.4, -0.2) is 50.7 Å². The molecule has 2 aliphatic heterocycles. The molecule has 1 atom stereocenters. The summed E-state index contributed by atoms with van der Waals surface area (Å²) in [6.45, 7) is 9.20. The van der Waals surface area contributed by atoms with Gasteiger partial charge in [0.2, 0.25) is 0 Å². The van der Waals surface area contributed by atoms with Gasteiger partial charge in [0.25, 0.3) is 0 Å². The summed E-state index contributed by atoms with van der Waals surface area (Å²) < 4.78 is 25.7. The topological polar surface area (TPSA) is 137 Å². The second kappa shape index (κ2) is 22.5. The summed E-state index contributed by atoms with van der Waals surface area (Å²) in [6, 6.07) is 27.8. The van der Waals surface area contributed by atoms with Crippen LogP contribution >= 0.6 is 23.2 Å². The molecule has 13 heteroatoms. The van der Waals surface area contributed by atoms with Gasteiger partial charge in [-0.1, -0.05) is 66.0 Å². The maximum atomic E-state index is 10.8. The Bertz CT molecular complexity index is 2780. The highest BCUT2D eigenvalue weighted by Crippen LogP contribution is 2.38. The summed E-state index contributed by atoms with van der Waals surface area (Å²) in [5, 5.41) is 30.5. The van der Waals surface area contributed by atoms with Crippen molar-refractivity contribution >= 4 is 23.2 Å². The first-order valence-corrected chi connectivity index (χ1v) is 23.6. The third-order valence-electron chi connectivity index (χ3n) is 12.6. The quantitative estimate of drug-likeness (QED) is 0.0935. The van der Waals surface area contributed by atoms with Crippen LogP contribution in [0.15, 0.2) is 97.6 Å². The van der Waals surface area contributed by atoms with Crippen molar-refractivity contribution in [3.05, 3.63) is 163 Å². The molecule has 4 aromatic carbocycles. The van der Waals surface area contributed by atoms with Crippen molar-refractivity contribution in [1.29, 1.82) is 10.5 Å². The van der Waals surface area contributed by atoms with Gasteiger partial charge in [-0.2, -0.15) is 10.5 Å². The number of piperidine rings is 2. The number of likely N-dealkylation sites (tertiary alicyclic amines) is 2. The maximum absolute atomic E-state index is 10.8. The lowest BCUT2D eigenvalue weighted by molar-refractivity contribution is -0.0294. The molecule has 0 amide bonds. The normalized spacial score (nSPS) is 15.4. The highest BCUT2D eigenvalue weighted by molar-refractivity contribution is 6.32. The zero-order valence-electron chi connectivity index (χ0n) is 37.9. The van der Waals surface area contributed by atoms with Crippen LogP contribution in [0, 0.1) is 36.5 Å². The van der Waals surface area contributed by atoms with Crippen molar-refractivity contribution in [3.8, 4) is 46.3 Å². The van der Waals surface area contributed by atoms with Gasteiger partial charge in [-0.25, -0.2) is 0 Å². The number of hydrogen-bond acceptors (Lipinski definition) is 11. The molecule has 0 spiro atoms. The fourth-order valence-corrected chi connectivity index (χ4v) is 9.26. The van der Waals surface area contributed by atoms with Gasteiger partial charge < -0.3 is 24.1 Å². The van der Waals surface area contributed by atoms with Gasteiger partial charge >= 0.3 is 0 Å². The standard InChI is InChI=1S/C54H54Cl2N6O5/c1-36-42(34-66-52-22-50(64-32-40-18-38(24-57)26-59-28-40)44(20-48(52)55)30-61-15-5-3-6-16-61)10-8-12-46(36)47-13-9-11-43(37(47)2)35-67-53-23-51(65-33-41-19-39(25-58)27-60-29-41)45(21-49(53)56)31-62-17-7-4-14-54(62)63/h8-13,18-23,26-29,54,63H,3-7,14-17,30-35H2,1-2H3. The second-order valence-corrected chi connectivity index (χ2v) is 18.1. The van der Waals surface area contributed by atoms with E-state index in [0.29, 0.717) is 63.7 Å². The molecule has 11 nitrogen and oxygen atoms in total. The molecule has 2 saturated heterocycles. The number of hydrogen-bond donors (Lipinski definition) is 1. The van der Waals surface area contributed by atoms with E-state index in [0.717, 1.165) is 88.1 Å². The van der Waals surface area contributed by atoms with Gasteiger partial charge in [-0.15, -0.1) is 0 Å². The third kappa shape index (κ3) is 12.1. The first-order valence-electron chi connectivity index (χ1n) is 22.8. The number of aliphatic hydroxyl groups excluding tert-OH is 1. The molecule has 6 aromatic rings. The number of benzene rings is 4. The van der Waals surface area contributed by atoms with Crippen LogP contribution in [0.2, 0.25) is 10.0 Å². The monoisotopic (exact) mass is 936 g/mol. The summed E-state index contributed by atoms with van der Waals surface area (Å²) in [6.07, 6.45) is 12.2. The number of halogens is 2. The molecule has 0 saturated carbocycles. The summed E-state index contributed by atoms with van der Waals surface area (Å²) in [4.78, 5) is 12.9. The minimum Gasteiger partial charge on any atom is -0.488 e. The Morgan fingerprint density at radius 1 is 0.582 bits per heavy atom. The number of aliphatic hydroxyl groups is 1. The second-order valence-electron chi connectivity index (χ2n) is 17.3. The SMILES string of the molecule is Cc1c(COc2cc(OCc3cncc(C#N)c3)c(CN3CCCCC3)cc2Cl)cccc1-c1cccc(COc2cc(OCc3cncc(C#N)c3)c(CN3CCCCC3O)cc2Cl)c1C. The Morgan fingerprint density at radius 3 is 1.58 bits per heavy atom. The third-order valence-corrected chi connectivity index (χ3v) is 13.2. The van der Waals surface area contributed by atoms with Crippen LogP contribution in [0.1, 0.15) is 94.2 Å². The molecule has 4 heterocycles. The molecule has 1 N–H and O–H groups in total. The largest absolute Gasteiger partial charge is 0.488 e. The van der Waals surface area contributed by atoms with Crippen molar-refractivity contribution in [2.24, 2.45) is 0 Å². The zero-order valence-corrected chi connectivity index (χ0v) is 39.5. The van der Waals surface area contributed by atoms with E-state index in [4.69, 9.17) is 42.1 Å². The van der Waals surface area contributed by atoms with E-state index in [9.17, 15) is 15.6 Å². The van der Waals surface area contributed by atoms with Gasteiger partial charge in [0.15, 0.2) is 0 Å². The number of pyridine rings is 2. The molecule has 0 radical (unpaired) electrons. The highest BCUT2D eigenvalue weighted by atomic mass is 35.5. The van der Waals surface area contributed by atoms with Crippen LogP contribution in [0.25, 0.3) is 11.1 Å². The van der Waals surface area contributed by atoms with E-state index in [1.165, 1.54) is 31.7 Å². The maximum Gasteiger partial charge on any atom is 0.142 e. The molecule has 1 unspecified atom stereocenters. The van der Waals surface area contributed by atoms with E-state index in [2.05, 4.69) is 65.1 Å². The molecular weight excluding hydrogens is 884 g/mol. The van der Waals surface area contributed by atoms with Crippen LogP contribution in [0.4, 0.5) is 0 Å². The molecule has 8 rings (SSSR count). The van der Waals surface area contributed by atoms with Gasteiger partial charge in [-0.3, -0.25) is 19.8 Å². The highest BCUT2D eigenvalue weighted by Gasteiger charge is 2.23. The predicted octanol–water partition coefficient (Wildman–Crippen LogP) is 11.4. The van der Waals surface area contributed by atoms with Crippen LogP contribution in [-0.2, 0) is 39.5 Å². The van der Waals surface area contributed by atoms with Crippen LogP contribution in [0.3, 0.4) is 0 Å². The van der Waals surface area contributed by atoms with E-state index >= 15 is 0 Å². The summed E-state index contributed by atoms with van der Waals surface area (Å²) in [7, 11) is 0. The number of ether oxygens (including phenoxy) is 4.